The molecule has 100 valence electrons. The van der Waals surface area contributed by atoms with Gasteiger partial charge in [0.25, 0.3) is 0 Å². The Hall–Kier alpha value is -0.340. The molecule has 0 aliphatic carbocycles. The first kappa shape index (κ1) is 14.7. The third-order valence-electron chi connectivity index (χ3n) is 3.69. The third-order valence-corrected chi connectivity index (χ3v) is 3.69. The summed E-state index contributed by atoms with van der Waals surface area (Å²) in [6.07, 6.45) is 11.2. The van der Waals surface area contributed by atoms with Crippen molar-refractivity contribution in [2.45, 2.75) is 57.9 Å². The van der Waals surface area contributed by atoms with E-state index in [2.05, 4.69) is 23.7 Å². The van der Waals surface area contributed by atoms with E-state index in [0.717, 1.165) is 6.04 Å². The van der Waals surface area contributed by atoms with Crippen molar-refractivity contribution in [3.63, 3.8) is 0 Å². The van der Waals surface area contributed by atoms with Gasteiger partial charge in [-0.05, 0) is 64.7 Å². The lowest BCUT2D eigenvalue weighted by atomic mass is 10.0. The maximum atomic E-state index is 3.78. The van der Waals surface area contributed by atoms with E-state index in [1.807, 2.05) is 6.08 Å². The molecular weight excluding hydrogens is 208 g/mol. The Kier molecular flexibility index (Phi) is 8.37. The van der Waals surface area contributed by atoms with Crippen LogP contribution in [-0.2, 0) is 0 Å². The maximum absolute atomic E-state index is 3.78. The van der Waals surface area contributed by atoms with Crippen molar-refractivity contribution in [2.75, 3.05) is 26.2 Å². The second-order valence-electron chi connectivity index (χ2n) is 5.16. The quantitative estimate of drug-likeness (QED) is 0.490. The van der Waals surface area contributed by atoms with Crippen LogP contribution in [0.5, 0.6) is 0 Å². The van der Waals surface area contributed by atoms with Crippen LogP contribution in [0.4, 0.5) is 0 Å². The highest BCUT2D eigenvalue weighted by Gasteiger charge is 2.19. The number of unbranched alkanes of at least 4 members (excludes halogenated alkanes) is 3. The van der Waals surface area contributed by atoms with Gasteiger partial charge in [-0.3, -0.25) is 0 Å². The van der Waals surface area contributed by atoms with Gasteiger partial charge in [0, 0.05) is 6.04 Å². The lowest BCUT2D eigenvalue weighted by Crippen LogP contribution is -2.43. The molecule has 1 fully saturated rings. The molecule has 1 aliphatic heterocycles. The fourth-order valence-corrected chi connectivity index (χ4v) is 2.72. The first-order valence-electron chi connectivity index (χ1n) is 7.44. The van der Waals surface area contributed by atoms with Crippen molar-refractivity contribution in [1.29, 1.82) is 0 Å². The molecule has 0 saturated carbocycles. The molecule has 0 atom stereocenters. The van der Waals surface area contributed by atoms with Gasteiger partial charge in [-0.1, -0.05) is 19.4 Å². The van der Waals surface area contributed by atoms with Crippen LogP contribution in [0.3, 0.4) is 0 Å². The molecule has 1 heterocycles. The predicted octanol–water partition coefficient (Wildman–Crippen LogP) is 3.20. The van der Waals surface area contributed by atoms with Gasteiger partial charge in [-0.2, -0.15) is 0 Å². The highest BCUT2D eigenvalue weighted by Crippen LogP contribution is 2.14. The van der Waals surface area contributed by atoms with Crippen LogP contribution in [0.1, 0.15) is 51.9 Å². The van der Waals surface area contributed by atoms with Crippen LogP contribution in [0.15, 0.2) is 12.7 Å². The van der Waals surface area contributed by atoms with Crippen LogP contribution in [0, 0.1) is 0 Å². The van der Waals surface area contributed by atoms with E-state index in [1.54, 1.807) is 0 Å². The lowest BCUT2D eigenvalue weighted by Gasteiger charge is -2.34. The molecule has 0 spiro atoms. The Balaban J connectivity index is 2.19. The van der Waals surface area contributed by atoms with Crippen molar-refractivity contribution in [3.05, 3.63) is 12.7 Å². The Bertz CT molecular complexity index is 185. The van der Waals surface area contributed by atoms with Gasteiger partial charge < -0.3 is 10.2 Å². The number of allylic oxidation sites excluding steroid dienone is 1. The van der Waals surface area contributed by atoms with Crippen molar-refractivity contribution >= 4 is 0 Å². The van der Waals surface area contributed by atoms with Crippen LogP contribution in [0.25, 0.3) is 0 Å². The van der Waals surface area contributed by atoms with Gasteiger partial charge in [0.2, 0.25) is 0 Å². The molecule has 0 unspecified atom stereocenters. The average Bonchev–Trinajstić information content (AvgIpc) is 2.38. The normalized spacial score (nSPS) is 17.5. The van der Waals surface area contributed by atoms with Crippen LogP contribution >= 0.6 is 0 Å². The first-order chi connectivity index (χ1) is 8.38. The van der Waals surface area contributed by atoms with Gasteiger partial charge in [0.15, 0.2) is 0 Å². The van der Waals surface area contributed by atoms with Gasteiger partial charge in [-0.25, -0.2) is 0 Å². The second kappa shape index (κ2) is 9.67. The molecule has 1 saturated heterocycles. The third kappa shape index (κ3) is 6.23. The minimum Gasteiger partial charge on any atom is -0.317 e. The van der Waals surface area contributed by atoms with E-state index in [1.165, 1.54) is 71.1 Å². The van der Waals surface area contributed by atoms with Gasteiger partial charge in [0.05, 0.1) is 0 Å². The summed E-state index contributed by atoms with van der Waals surface area (Å²) in [4.78, 5) is 2.73. The van der Waals surface area contributed by atoms with Crippen LogP contribution < -0.4 is 5.32 Å². The molecule has 0 radical (unpaired) electrons. The Morgan fingerprint density at radius 1 is 1.18 bits per heavy atom. The molecule has 1 rings (SSSR count). The van der Waals surface area contributed by atoms with Gasteiger partial charge in [0.1, 0.15) is 0 Å². The summed E-state index contributed by atoms with van der Waals surface area (Å²) in [6.45, 7) is 11.1. The molecule has 0 aromatic rings. The van der Waals surface area contributed by atoms with Gasteiger partial charge in [-0.15, -0.1) is 6.58 Å². The molecule has 2 heteroatoms. The summed E-state index contributed by atoms with van der Waals surface area (Å²) in [5, 5.41) is 3.46. The lowest BCUT2D eigenvalue weighted by molar-refractivity contribution is 0.159. The zero-order valence-electron chi connectivity index (χ0n) is 11.6. The average molecular weight is 238 g/mol. The molecule has 1 N–H and O–H groups in total. The molecule has 0 aromatic carbocycles. The molecule has 17 heavy (non-hydrogen) atoms. The standard InChI is InChI=1S/C15H30N2/c1-3-5-6-7-8-14-17(13-4-2)15-9-11-16-12-10-15/h3,15-16H,1,4-14H2,2H3. The number of hydrogen-bond acceptors (Lipinski definition) is 2. The van der Waals surface area contributed by atoms with Gasteiger partial charge >= 0.3 is 0 Å². The fraction of sp³-hybridized carbons (Fsp3) is 0.867. The summed E-state index contributed by atoms with van der Waals surface area (Å²) < 4.78 is 0. The first-order valence-corrected chi connectivity index (χ1v) is 7.44. The summed E-state index contributed by atoms with van der Waals surface area (Å²) in [5.74, 6) is 0. The van der Waals surface area contributed by atoms with Crippen LogP contribution in [-0.4, -0.2) is 37.1 Å². The highest BCUT2D eigenvalue weighted by molar-refractivity contribution is 4.77. The Labute approximate surface area is 107 Å². The van der Waals surface area contributed by atoms with Crippen molar-refractivity contribution in [3.8, 4) is 0 Å². The number of nitrogens with zero attached hydrogens (tertiary/aromatic N) is 1. The molecular formula is C15H30N2. The van der Waals surface area contributed by atoms with Crippen molar-refractivity contribution < 1.29 is 0 Å². The van der Waals surface area contributed by atoms with E-state index in [9.17, 15) is 0 Å². The summed E-state index contributed by atoms with van der Waals surface area (Å²) >= 11 is 0. The van der Waals surface area contributed by atoms with Crippen LogP contribution in [0.2, 0.25) is 0 Å². The molecule has 0 bridgehead atoms. The van der Waals surface area contributed by atoms with E-state index in [0.29, 0.717) is 0 Å². The van der Waals surface area contributed by atoms with E-state index in [4.69, 9.17) is 0 Å². The molecule has 1 aliphatic rings. The fourth-order valence-electron chi connectivity index (χ4n) is 2.72. The zero-order chi connectivity index (χ0) is 12.3. The largest absolute Gasteiger partial charge is 0.317 e. The Morgan fingerprint density at radius 3 is 2.59 bits per heavy atom. The number of nitrogens with one attached hydrogen (secondary N) is 1. The number of hydrogen-bond donors (Lipinski definition) is 1. The summed E-state index contributed by atoms with van der Waals surface area (Å²) in [6, 6.07) is 0.843. The maximum Gasteiger partial charge on any atom is 0.0119 e. The monoisotopic (exact) mass is 238 g/mol. The predicted molar refractivity (Wildman–Crippen MR) is 76.4 cm³/mol. The second-order valence-corrected chi connectivity index (χ2v) is 5.16. The molecule has 0 amide bonds. The molecule has 2 nitrogen and oxygen atoms in total. The number of piperidine rings is 1. The Morgan fingerprint density at radius 2 is 1.94 bits per heavy atom. The van der Waals surface area contributed by atoms with Crippen molar-refractivity contribution in [1.82, 2.24) is 10.2 Å². The topological polar surface area (TPSA) is 15.3 Å². The number of rotatable bonds is 9. The van der Waals surface area contributed by atoms with E-state index in [-0.39, 0.29) is 0 Å². The van der Waals surface area contributed by atoms with E-state index < -0.39 is 0 Å². The minimum atomic E-state index is 0.843. The summed E-state index contributed by atoms with van der Waals surface area (Å²) in [5.41, 5.74) is 0. The minimum absolute atomic E-state index is 0.843. The molecule has 0 aromatic heterocycles. The highest BCUT2D eigenvalue weighted by atomic mass is 15.2. The zero-order valence-corrected chi connectivity index (χ0v) is 11.6. The summed E-state index contributed by atoms with van der Waals surface area (Å²) in [7, 11) is 0. The SMILES string of the molecule is C=CCCCCCN(CCC)C1CCNCC1. The van der Waals surface area contributed by atoms with Crippen molar-refractivity contribution in [2.24, 2.45) is 0 Å². The van der Waals surface area contributed by atoms with E-state index >= 15 is 0 Å². The smallest absolute Gasteiger partial charge is 0.0119 e.